The summed E-state index contributed by atoms with van der Waals surface area (Å²) in [6, 6.07) is 13.9. The van der Waals surface area contributed by atoms with Gasteiger partial charge in [-0.2, -0.15) is 0 Å². The lowest BCUT2D eigenvalue weighted by Crippen LogP contribution is -2.55. The van der Waals surface area contributed by atoms with Crippen molar-refractivity contribution in [2.75, 3.05) is 20.3 Å². The van der Waals surface area contributed by atoms with E-state index in [1.54, 1.807) is 13.8 Å². The van der Waals surface area contributed by atoms with Crippen LogP contribution in [0.5, 0.6) is 0 Å². The van der Waals surface area contributed by atoms with Gasteiger partial charge in [-0.3, -0.25) is 4.79 Å². The summed E-state index contributed by atoms with van der Waals surface area (Å²) >= 11 is 0. The Kier molecular flexibility index (Phi) is 8.40. The van der Waals surface area contributed by atoms with Gasteiger partial charge in [-0.1, -0.05) is 62.4 Å². The Morgan fingerprint density at radius 3 is 2.00 bits per heavy atom. The molecule has 0 fully saturated rings. The minimum atomic E-state index is -1.19. The minimum absolute atomic E-state index is 0.107. The summed E-state index contributed by atoms with van der Waals surface area (Å²) in [5.41, 5.74) is 3.86. The van der Waals surface area contributed by atoms with Gasteiger partial charge in [0.15, 0.2) is 6.04 Å². The fraction of sp³-hybridized carbons (Fsp3) is 0.464. The molecule has 0 saturated heterocycles. The van der Waals surface area contributed by atoms with Crippen LogP contribution in [0.25, 0.3) is 11.1 Å². The number of fused-ring (bicyclic) bond motifs is 3. The number of hydrogen-bond acceptors (Lipinski definition) is 5. The van der Waals surface area contributed by atoms with Gasteiger partial charge >= 0.3 is 12.1 Å². The molecule has 3 rings (SSSR count). The summed E-state index contributed by atoms with van der Waals surface area (Å²) < 4.78 is 11.2. The molecule has 0 radical (unpaired) electrons. The zero-order valence-corrected chi connectivity index (χ0v) is 21.8. The van der Waals surface area contributed by atoms with Crippen LogP contribution in [0.15, 0.2) is 48.5 Å². The van der Waals surface area contributed by atoms with Gasteiger partial charge in [0.2, 0.25) is 5.91 Å². The number of nitrogens with one attached hydrogen (secondary N) is 1. The first-order valence-corrected chi connectivity index (χ1v) is 12.2. The number of amides is 2. The predicted octanol–water partition coefficient (Wildman–Crippen LogP) is 4.28. The van der Waals surface area contributed by atoms with Crippen molar-refractivity contribution in [3.05, 3.63) is 59.7 Å². The van der Waals surface area contributed by atoms with Crippen molar-refractivity contribution >= 4 is 18.0 Å². The molecule has 0 bridgehead atoms. The number of alkyl carbamates (subject to hydrolysis) is 1. The standard InChI is InChI=1S/C28H36N2O6/c1-17(2)24(25(31)30(6)23(26(32)33)16-36-28(3,4)5)29-27(34)35-15-22-20-13-9-7-11-18(20)19-12-8-10-14-21(19)22/h7-14,17,22-24H,15-16H2,1-6H3,(H,29,34)(H,32,33)/t23-,24-/m0/s1. The van der Waals surface area contributed by atoms with E-state index in [4.69, 9.17) is 9.47 Å². The third-order valence-corrected chi connectivity index (χ3v) is 6.32. The topological polar surface area (TPSA) is 105 Å². The second-order valence-corrected chi connectivity index (χ2v) is 10.4. The molecule has 2 atom stereocenters. The van der Waals surface area contributed by atoms with E-state index in [-0.39, 0.29) is 25.0 Å². The van der Waals surface area contributed by atoms with Crippen LogP contribution in [-0.2, 0) is 19.1 Å². The van der Waals surface area contributed by atoms with E-state index in [0.29, 0.717) is 0 Å². The molecule has 2 amide bonds. The zero-order valence-electron chi connectivity index (χ0n) is 21.8. The number of benzene rings is 2. The monoisotopic (exact) mass is 496 g/mol. The first-order chi connectivity index (χ1) is 16.9. The van der Waals surface area contributed by atoms with Crippen LogP contribution in [0, 0.1) is 5.92 Å². The molecule has 2 aromatic rings. The number of ether oxygens (including phenoxy) is 2. The van der Waals surface area contributed by atoms with Crippen molar-refractivity contribution in [2.45, 2.75) is 58.2 Å². The molecule has 36 heavy (non-hydrogen) atoms. The van der Waals surface area contributed by atoms with Crippen LogP contribution in [0.2, 0.25) is 0 Å². The summed E-state index contributed by atoms with van der Waals surface area (Å²) in [5.74, 6) is -2.11. The molecule has 1 aliphatic rings. The van der Waals surface area contributed by atoms with E-state index in [0.717, 1.165) is 27.2 Å². The van der Waals surface area contributed by atoms with Crippen LogP contribution in [0.3, 0.4) is 0 Å². The van der Waals surface area contributed by atoms with Gasteiger partial charge in [-0.05, 0) is 48.9 Å². The third kappa shape index (κ3) is 6.23. The molecule has 0 saturated carbocycles. The Morgan fingerprint density at radius 1 is 1.00 bits per heavy atom. The molecule has 2 aromatic carbocycles. The van der Waals surface area contributed by atoms with Crippen LogP contribution < -0.4 is 5.32 Å². The molecule has 194 valence electrons. The molecule has 0 heterocycles. The number of likely N-dealkylation sites (N-methyl/N-ethyl adjacent to an activating group) is 1. The molecule has 2 N–H and O–H groups in total. The highest BCUT2D eigenvalue weighted by Crippen LogP contribution is 2.44. The molecule has 0 aromatic heterocycles. The first-order valence-electron chi connectivity index (χ1n) is 12.2. The third-order valence-electron chi connectivity index (χ3n) is 6.32. The number of carbonyl (C=O) groups is 3. The molecule has 8 heteroatoms. The Hall–Kier alpha value is -3.39. The van der Waals surface area contributed by atoms with Gasteiger partial charge < -0.3 is 24.8 Å². The normalized spacial score (nSPS) is 14.5. The van der Waals surface area contributed by atoms with Gasteiger partial charge in [0.05, 0.1) is 12.2 Å². The smallest absolute Gasteiger partial charge is 0.407 e. The largest absolute Gasteiger partial charge is 0.480 e. The van der Waals surface area contributed by atoms with Crippen LogP contribution in [-0.4, -0.2) is 65.9 Å². The highest BCUT2D eigenvalue weighted by Gasteiger charge is 2.35. The summed E-state index contributed by atoms with van der Waals surface area (Å²) in [7, 11) is 1.40. The number of carboxylic acids is 1. The van der Waals surface area contributed by atoms with E-state index in [2.05, 4.69) is 17.4 Å². The Balaban J connectivity index is 1.67. The van der Waals surface area contributed by atoms with Gasteiger partial charge in [-0.25, -0.2) is 9.59 Å². The van der Waals surface area contributed by atoms with E-state index in [1.807, 2.05) is 57.2 Å². The number of nitrogens with zero attached hydrogens (tertiary/aromatic N) is 1. The van der Waals surface area contributed by atoms with Crippen molar-refractivity contribution in [3.63, 3.8) is 0 Å². The summed E-state index contributed by atoms with van der Waals surface area (Å²) in [4.78, 5) is 39.0. The van der Waals surface area contributed by atoms with Crippen molar-refractivity contribution in [3.8, 4) is 11.1 Å². The van der Waals surface area contributed by atoms with Crippen molar-refractivity contribution < 1.29 is 29.0 Å². The molecule has 0 aliphatic heterocycles. The lowest BCUT2D eigenvalue weighted by Gasteiger charge is -2.32. The van der Waals surface area contributed by atoms with E-state index in [9.17, 15) is 19.5 Å². The maximum absolute atomic E-state index is 13.2. The SMILES string of the molecule is CC(C)[C@H](NC(=O)OCC1c2ccccc2-c2ccccc21)C(=O)N(C)[C@@H](COC(C)(C)C)C(=O)O. The Labute approximate surface area is 212 Å². The first kappa shape index (κ1) is 27.2. The van der Waals surface area contributed by atoms with E-state index >= 15 is 0 Å². The van der Waals surface area contributed by atoms with Gasteiger partial charge in [0.1, 0.15) is 12.6 Å². The summed E-state index contributed by atoms with van der Waals surface area (Å²) in [6.45, 7) is 8.93. The fourth-order valence-electron chi connectivity index (χ4n) is 4.33. The molecular weight excluding hydrogens is 460 g/mol. The van der Waals surface area contributed by atoms with Gasteiger partial charge in [-0.15, -0.1) is 0 Å². The van der Waals surface area contributed by atoms with E-state index in [1.165, 1.54) is 7.05 Å². The molecule has 0 spiro atoms. The average Bonchev–Trinajstić information content (AvgIpc) is 3.13. The number of hydrogen-bond donors (Lipinski definition) is 2. The molecule has 0 unspecified atom stereocenters. The number of aliphatic carboxylic acids is 1. The zero-order chi connectivity index (χ0) is 26.6. The van der Waals surface area contributed by atoms with Crippen molar-refractivity contribution in [1.82, 2.24) is 10.2 Å². The second-order valence-electron chi connectivity index (χ2n) is 10.4. The lowest BCUT2D eigenvalue weighted by atomic mass is 9.98. The molecule has 1 aliphatic carbocycles. The average molecular weight is 497 g/mol. The maximum atomic E-state index is 13.2. The van der Waals surface area contributed by atoms with Gasteiger partial charge in [0, 0.05) is 13.0 Å². The second kappa shape index (κ2) is 11.1. The Bertz CT molecular complexity index is 1060. The predicted molar refractivity (Wildman–Crippen MR) is 137 cm³/mol. The highest BCUT2D eigenvalue weighted by atomic mass is 16.5. The fourth-order valence-corrected chi connectivity index (χ4v) is 4.33. The minimum Gasteiger partial charge on any atom is -0.480 e. The molecule has 8 nitrogen and oxygen atoms in total. The van der Waals surface area contributed by atoms with Crippen molar-refractivity contribution in [1.29, 1.82) is 0 Å². The Morgan fingerprint density at radius 2 is 1.53 bits per heavy atom. The summed E-state index contributed by atoms with van der Waals surface area (Å²) in [6.07, 6.45) is -0.727. The molecular formula is C28H36N2O6. The lowest BCUT2D eigenvalue weighted by molar-refractivity contribution is -0.155. The number of rotatable bonds is 9. The van der Waals surface area contributed by atoms with Crippen LogP contribution in [0.1, 0.15) is 51.7 Å². The summed E-state index contributed by atoms with van der Waals surface area (Å²) in [5, 5.41) is 12.3. The quantitative estimate of drug-likeness (QED) is 0.537. The highest BCUT2D eigenvalue weighted by molar-refractivity contribution is 5.89. The van der Waals surface area contributed by atoms with E-state index < -0.39 is 35.7 Å². The number of carboxylic acid groups (broad SMARTS) is 1. The maximum Gasteiger partial charge on any atom is 0.407 e. The number of carbonyl (C=O) groups excluding carboxylic acids is 2. The van der Waals surface area contributed by atoms with Gasteiger partial charge in [0.25, 0.3) is 0 Å². The van der Waals surface area contributed by atoms with Crippen LogP contribution in [0.4, 0.5) is 4.79 Å². The van der Waals surface area contributed by atoms with Crippen LogP contribution >= 0.6 is 0 Å². The van der Waals surface area contributed by atoms with Crippen molar-refractivity contribution in [2.24, 2.45) is 5.92 Å².